The van der Waals surface area contributed by atoms with Gasteiger partial charge in [-0.1, -0.05) is 0 Å². The molecule has 106 valence electrons. The van der Waals surface area contributed by atoms with Crippen molar-refractivity contribution in [2.75, 3.05) is 19.0 Å². The predicted molar refractivity (Wildman–Crippen MR) is 77.5 cm³/mol. The zero-order valence-electron chi connectivity index (χ0n) is 11.8. The van der Waals surface area contributed by atoms with Crippen LogP contribution in [0.1, 0.15) is 12.6 Å². The monoisotopic (exact) mass is 274 g/mol. The van der Waals surface area contributed by atoms with Gasteiger partial charge in [-0.2, -0.15) is 0 Å². The summed E-state index contributed by atoms with van der Waals surface area (Å²) in [5.41, 5.74) is 2.47. The zero-order chi connectivity index (χ0) is 14.5. The second-order valence-electron chi connectivity index (χ2n) is 4.29. The molecule has 2 rings (SSSR count). The summed E-state index contributed by atoms with van der Waals surface area (Å²) in [4.78, 5) is 15.7. The van der Waals surface area contributed by atoms with Crippen molar-refractivity contribution in [2.24, 2.45) is 0 Å². The first kappa shape index (κ1) is 13.9. The van der Waals surface area contributed by atoms with Crippen molar-refractivity contribution in [2.45, 2.75) is 13.8 Å². The Balaban J connectivity index is 2.26. The molecule has 0 saturated heterocycles. The highest BCUT2D eigenvalue weighted by atomic mass is 16.5. The molecular formula is C14H18N4O2. The average molecular weight is 274 g/mol. The van der Waals surface area contributed by atoms with Gasteiger partial charge in [-0.05, 0) is 26.0 Å². The number of carbonyl (C=O) groups excluding carboxylic acids is 1. The van der Waals surface area contributed by atoms with E-state index in [1.807, 2.05) is 36.7 Å². The van der Waals surface area contributed by atoms with Crippen molar-refractivity contribution < 1.29 is 9.53 Å². The minimum absolute atomic E-state index is 0.235. The first-order valence-corrected chi connectivity index (χ1v) is 6.38. The zero-order valence-corrected chi connectivity index (χ0v) is 11.8. The van der Waals surface area contributed by atoms with Crippen LogP contribution in [0.4, 0.5) is 10.5 Å². The minimum Gasteiger partial charge on any atom is -0.494 e. The lowest BCUT2D eigenvalue weighted by molar-refractivity contribution is 0.252. The van der Waals surface area contributed by atoms with Gasteiger partial charge in [-0.15, -0.1) is 0 Å². The van der Waals surface area contributed by atoms with Crippen LogP contribution in [-0.2, 0) is 0 Å². The molecule has 2 aromatic rings. The molecule has 0 spiro atoms. The standard InChI is InChI=1S/C14H18N4O2/c1-4-15-14(19)17-11-5-6-12(13(7-11)20-3)18-8-10(2)16-9-18/h5-9H,4H2,1-3H3,(H2,15,17,19). The number of anilines is 1. The number of methoxy groups -OCH3 is 1. The third kappa shape index (κ3) is 3.09. The molecule has 0 aliphatic heterocycles. The highest BCUT2D eigenvalue weighted by molar-refractivity contribution is 5.89. The van der Waals surface area contributed by atoms with Crippen LogP contribution < -0.4 is 15.4 Å². The second kappa shape index (κ2) is 6.10. The molecule has 1 aromatic carbocycles. The van der Waals surface area contributed by atoms with E-state index in [0.29, 0.717) is 18.0 Å². The number of benzene rings is 1. The van der Waals surface area contributed by atoms with E-state index < -0.39 is 0 Å². The number of hydrogen-bond acceptors (Lipinski definition) is 3. The van der Waals surface area contributed by atoms with Crippen molar-refractivity contribution in [3.63, 3.8) is 0 Å². The molecule has 6 nitrogen and oxygen atoms in total. The molecule has 2 amide bonds. The number of ether oxygens (including phenoxy) is 1. The molecule has 0 radical (unpaired) electrons. The fourth-order valence-corrected chi connectivity index (χ4v) is 1.86. The van der Waals surface area contributed by atoms with Gasteiger partial charge in [0.2, 0.25) is 0 Å². The van der Waals surface area contributed by atoms with Crippen LogP contribution in [0.25, 0.3) is 5.69 Å². The summed E-state index contributed by atoms with van der Waals surface area (Å²) in [5.74, 6) is 0.664. The van der Waals surface area contributed by atoms with E-state index in [2.05, 4.69) is 15.6 Å². The fraction of sp³-hybridized carbons (Fsp3) is 0.286. The molecule has 0 unspecified atom stereocenters. The van der Waals surface area contributed by atoms with Crippen LogP contribution in [0, 0.1) is 6.92 Å². The molecule has 0 bridgehead atoms. The first-order valence-electron chi connectivity index (χ1n) is 6.38. The Hall–Kier alpha value is -2.50. The predicted octanol–water partition coefficient (Wildman–Crippen LogP) is 2.33. The molecule has 0 fully saturated rings. The largest absolute Gasteiger partial charge is 0.494 e. The third-order valence-corrected chi connectivity index (χ3v) is 2.76. The second-order valence-corrected chi connectivity index (χ2v) is 4.29. The Labute approximate surface area is 117 Å². The molecular weight excluding hydrogens is 256 g/mol. The Bertz CT molecular complexity index is 607. The summed E-state index contributed by atoms with van der Waals surface area (Å²) in [5, 5.41) is 5.42. The summed E-state index contributed by atoms with van der Waals surface area (Å²) in [6.45, 7) is 4.37. The molecule has 0 atom stereocenters. The maximum absolute atomic E-state index is 11.5. The average Bonchev–Trinajstić information content (AvgIpc) is 2.85. The van der Waals surface area contributed by atoms with E-state index in [1.54, 1.807) is 19.5 Å². The van der Waals surface area contributed by atoms with Gasteiger partial charge in [0, 0.05) is 24.5 Å². The lowest BCUT2D eigenvalue weighted by atomic mass is 10.2. The summed E-state index contributed by atoms with van der Waals surface area (Å²) in [6.07, 6.45) is 3.64. The summed E-state index contributed by atoms with van der Waals surface area (Å²) < 4.78 is 7.25. The van der Waals surface area contributed by atoms with Crippen molar-refractivity contribution in [3.8, 4) is 11.4 Å². The number of rotatable bonds is 4. The summed E-state index contributed by atoms with van der Waals surface area (Å²) in [7, 11) is 1.60. The third-order valence-electron chi connectivity index (χ3n) is 2.76. The Morgan fingerprint density at radius 1 is 1.45 bits per heavy atom. The van der Waals surface area contributed by atoms with Crippen molar-refractivity contribution in [1.29, 1.82) is 0 Å². The summed E-state index contributed by atoms with van der Waals surface area (Å²) >= 11 is 0. The first-order chi connectivity index (χ1) is 9.63. The van der Waals surface area contributed by atoms with Gasteiger partial charge in [0.25, 0.3) is 0 Å². The molecule has 2 N–H and O–H groups in total. The quantitative estimate of drug-likeness (QED) is 0.899. The van der Waals surface area contributed by atoms with E-state index in [4.69, 9.17) is 4.74 Å². The van der Waals surface area contributed by atoms with Crippen molar-refractivity contribution in [1.82, 2.24) is 14.9 Å². The number of aromatic nitrogens is 2. The molecule has 1 heterocycles. The van der Waals surface area contributed by atoms with Crippen molar-refractivity contribution >= 4 is 11.7 Å². The van der Waals surface area contributed by atoms with E-state index in [9.17, 15) is 4.79 Å². The van der Waals surface area contributed by atoms with Crippen molar-refractivity contribution in [3.05, 3.63) is 36.4 Å². The van der Waals surface area contributed by atoms with Crippen LogP contribution in [0.2, 0.25) is 0 Å². The van der Waals surface area contributed by atoms with Gasteiger partial charge in [0.15, 0.2) is 0 Å². The van der Waals surface area contributed by atoms with E-state index in [1.165, 1.54) is 0 Å². The minimum atomic E-state index is -0.235. The van der Waals surface area contributed by atoms with Gasteiger partial charge in [-0.3, -0.25) is 0 Å². The SMILES string of the molecule is CCNC(=O)Nc1ccc(-n2cnc(C)c2)c(OC)c1. The number of imidazole rings is 1. The Kier molecular flexibility index (Phi) is 4.24. The highest BCUT2D eigenvalue weighted by Crippen LogP contribution is 2.26. The van der Waals surface area contributed by atoms with Gasteiger partial charge in [0.05, 0.1) is 24.8 Å². The van der Waals surface area contributed by atoms with Crippen LogP contribution in [0.15, 0.2) is 30.7 Å². The summed E-state index contributed by atoms with van der Waals surface area (Å²) in [6, 6.07) is 5.24. The number of urea groups is 1. The van der Waals surface area contributed by atoms with Gasteiger partial charge >= 0.3 is 6.03 Å². The van der Waals surface area contributed by atoms with Gasteiger partial charge in [0.1, 0.15) is 5.75 Å². The number of carbonyl (C=O) groups is 1. The van der Waals surface area contributed by atoms with E-state index in [0.717, 1.165) is 11.4 Å². The molecule has 1 aromatic heterocycles. The van der Waals surface area contributed by atoms with Gasteiger partial charge in [-0.25, -0.2) is 9.78 Å². The number of nitrogens with one attached hydrogen (secondary N) is 2. The number of hydrogen-bond donors (Lipinski definition) is 2. The molecule has 0 saturated carbocycles. The van der Waals surface area contributed by atoms with E-state index >= 15 is 0 Å². The maximum Gasteiger partial charge on any atom is 0.319 e. The smallest absolute Gasteiger partial charge is 0.319 e. The topological polar surface area (TPSA) is 68.2 Å². The Morgan fingerprint density at radius 2 is 2.25 bits per heavy atom. The van der Waals surface area contributed by atoms with Crippen LogP contribution >= 0.6 is 0 Å². The van der Waals surface area contributed by atoms with E-state index in [-0.39, 0.29) is 6.03 Å². The van der Waals surface area contributed by atoms with Gasteiger partial charge < -0.3 is 19.9 Å². The molecule has 0 aliphatic carbocycles. The normalized spacial score (nSPS) is 10.2. The molecule has 0 aliphatic rings. The molecule has 20 heavy (non-hydrogen) atoms. The number of amides is 2. The highest BCUT2D eigenvalue weighted by Gasteiger charge is 2.08. The van der Waals surface area contributed by atoms with Crippen LogP contribution in [0.5, 0.6) is 5.75 Å². The lowest BCUT2D eigenvalue weighted by Gasteiger charge is -2.12. The molecule has 6 heteroatoms. The number of aryl methyl sites for hydroxylation is 1. The fourth-order valence-electron chi connectivity index (χ4n) is 1.86. The van der Waals surface area contributed by atoms with Crippen LogP contribution in [-0.4, -0.2) is 29.2 Å². The lowest BCUT2D eigenvalue weighted by Crippen LogP contribution is -2.28. The van der Waals surface area contributed by atoms with Crippen LogP contribution in [0.3, 0.4) is 0 Å². The Morgan fingerprint density at radius 3 is 2.85 bits per heavy atom. The number of nitrogens with zero attached hydrogens (tertiary/aromatic N) is 2. The maximum atomic E-state index is 11.5.